The fourth-order valence-electron chi connectivity index (χ4n) is 3.08. The molecule has 1 N–H and O–H groups in total. The van der Waals surface area contributed by atoms with Gasteiger partial charge in [-0.25, -0.2) is 0 Å². The smallest absolute Gasteiger partial charge is 0.291 e. The molecule has 1 aromatic carbocycles. The van der Waals surface area contributed by atoms with Crippen LogP contribution in [0.15, 0.2) is 69.9 Å². The summed E-state index contributed by atoms with van der Waals surface area (Å²) in [6, 6.07) is 14.3. The third kappa shape index (κ3) is 3.72. The maximum atomic E-state index is 12.3. The van der Waals surface area contributed by atoms with E-state index in [1.165, 1.54) is 12.5 Å². The molecule has 1 aliphatic rings. The summed E-state index contributed by atoms with van der Waals surface area (Å²) < 4.78 is 10.3. The molecule has 1 saturated heterocycles. The maximum Gasteiger partial charge on any atom is 0.291 e. The van der Waals surface area contributed by atoms with Crippen LogP contribution < -0.4 is 10.2 Å². The van der Waals surface area contributed by atoms with Gasteiger partial charge in [0, 0.05) is 37.6 Å². The number of furan rings is 2. The summed E-state index contributed by atoms with van der Waals surface area (Å²) in [6.45, 7) is 2.75. The standard InChI is InChI=1S/C20H19N3O4/c24-19(17-3-1-13-26-17)21-15-5-7-16(8-6-15)22-9-11-23(12-10-22)20(25)18-4-2-14-27-18/h1-8,13-14H,9-12H2,(H,21,24). The second-order valence-electron chi connectivity index (χ2n) is 6.23. The molecule has 138 valence electrons. The van der Waals surface area contributed by atoms with Crippen molar-refractivity contribution in [2.45, 2.75) is 0 Å². The molecule has 1 fully saturated rings. The summed E-state index contributed by atoms with van der Waals surface area (Å²) in [4.78, 5) is 28.3. The molecular formula is C20H19N3O4. The second-order valence-corrected chi connectivity index (χ2v) is 6.23. The Labute approximate surface area is 156 Å². The lowest BCUT2D eigenvalue weighted by Gasteiger charge is -2.35. The molecule has 2 amide bonds. The minimum atomic E-state index is -0.280. The number of amides is 2. The molecule has 3 aromatic rings. The zero-order valence-electron chi connectivity index (χ0n) is 14.6. The van der Waals surface area contributed by atoms with Gasteiger partial charge in [0.15, 0.2) is 11.5 Å². The molecule has 0 bridgehead atoms. The molecule has 1 aliphatic heterocycles. The highest BCUT2D eigenvalue weighted by Gasteiger charge is 2.23. The van der Waals surface area contributed by atoms with Gasteiger partial charge in [-0.05, 0) is 48.5 Å². The predicted octanol–water partition coefficient (Wildman–Crippen LogP) is 3.09. The van der Waals surface area contributed by atoms with Crippen LogP contribution in [0.3, 0.4) is 0 Å². The van der Waals surface area contributed by atoms with Crippen molar-refractivity contribution in [2.75, 3.05) is 36.4 Å². The van der Waals surface area contributed by atoms with Gasteiger partial charge < -0.3 is 24.0 Å². The summed E-state index contributed by atoms with van der Waals surface area (Å²) >= 11 is 0. The van der Waals surface area contributed by atoms with Gasteiger partial charge in [-0.3, -0.25) is 9.59 Å². The average Bonchev–Trinajstić information content (AvgIpc) is 3.42. The molecule has 0 atom stereocenters. The Hall–Kier alpha value is -3.48. The fourth-order valence-corrected chi connectivity index (χ4v) is 3.08. The molecule has 7 nitrogen and oxygen atoms in total. The van der Waals surface area contributed by atoms with Gasteiger partial charge in [0.25, 0.3) is 11.8 Å². The van der Waals surface area contributed by atoms with Gasteiger partial charge in [0.2, 0.25) is 0 Å². The van der Waals surface area contributed by atoms with Crippen molar-refractivity contribution < 1.29 is 18.4 Å². The number of rotatable bonds is 4. The molecule has 0 aliphatic carbocycles. The quantitative estimate of drug-likeness (QED) is 0.769. The van der Waals surface area contributed by atoms with Crippen LogP contribution >= 0.6 is 0 Å². The van der Waals surface area contributed by atoms with Gasteiger partial charge >= 0.3 is 0 Å². The Balaban J connectivity index is 1.33. The van der Waals surface area contributed by atoms with E-state index in [9.17, 15) is 9.59 Å². The minimum Gasteiger partial charge on any atom is -0.459 e. The Bertz CT molecular complexity index is 893. The molecule has 0 saturated carbocycles. The highest BCUT2D eigenvalue weighted by molar-refractivity contribution is 6.02. The number of benzene rings is 1. The lowest BCUT2D eigenvalue weighted by Crippen LogP contribution is -2.48. The number of hydrogen-bond acceptors (Lipinski definition) is 5. The van der Waals surface area contributed by atoms with E-state index < -0.39 is 0 Å². The summed E-state index contributed by atoms with van der Waals surface area (Å²) in [5.41, 5.74) is 1.75. The molecule has 0 radical (unpaired) electrons. The number of carbonyl (C=O) groups is 2. The lowest BCUT2D eigenvalue weighted by molar-refractivity contribution is 0.0714. The first kappa shape index (κ1) is 17.0. The van der Waals surface area contributed by atoms with E-state index in [4.69, 9.17) is 8.83 Å². The normalized spacial score (nSPS) is 14.2. The third-order valence-electron chi connectivity index (χ3n) is 4.53. The number of nitrogens with one attached hydrogen (secondary N) is 1. The summed E-state index contributed by atoms with van der Waals surface area (Å²) in [5.74, 6) is 0.296. The summed E-state index contributed by atoms with van der Waals surface area (Å²) in [7, 11) is 0. The molecule has 0 unspecified atom stereocenters. The largest absolute Gasteiger partial charge is 0.459 e. The monoisotopic (exact) mass is 365 g/mol. The van der Waals surface area contributed by atoms with Gasteiger partial charge in [-0.15, -0.1) is 0 Å². The molecular weight excluding hydrogens is 346 g/mol. The minimum absolute atomic E-state index is 0.0735. The molecule has 3 heterocycles. The zero-order chi connectivity index (χ0) is 18.6. The molecule has 7 heteroatoms. The Morgan fingerprint density at radius 1 is 0.815 bits per heavy atom. The topological polar surface area (TPSA) is 78.9 Å². The first-order chi connectivity index (χ1) is 13.2. The van der Waals surface area contributed by atoms with Crippen LogP contribution in [0.25, 0.3) is 0 Å². The number of piperazine rings is 1. The SMILES string of the molecule is O=C(Nc1ccc(N2CCN(C(=O)c3ccco3)CC2)cc1)c1ccco1. The van der Waals surface area contributed by atoms with E-state index in [1.807, 2.05) is 24.3 Å². The number of anilines is 2. The number of carbonyl (C=O) groups excluding carboxylic acids is 2. The van der Waals surface area contributed by atoms with Crippen LogP contribution in [0.5, 0.6) is 0 Å². The Kier molecular flexibility index (Phi) is 4.65. The summed E-state index contributed by atoms with van der Waals surface area (Å²) in [5, 5.41) is 2.80. The van der Waals surface area contributed by atoms with Crippen LogP contribution in [0.2, 0.25) is 0 Å². The van der Waals surface area contributed by atoms with E-state index in [0.717, 1.165) is 18.8 Å². The van der Waals surface area contributed by atoms with Crippen molar-refractivity contribution in [3.8, 4) is 0 Å². The lowest BCUT2D eigenvalue weighted by atomic mass is 10.2. The first-order valence-electron chi connectivity index (χ1n) is 8.73. The number of hydrogen-bond donors (Lipinski definition) is 1. The van der Waals surface area contributed by atoms with Crippen molar-refractivity contribution in [2.24, 2.45) is 0 Å². The van der Waals surface area contributed by atoms with Crippen LogP contribution in [0, 0.1) is 0 Å². The molecule has 2 aromatic heterocycles. The van der Waals surface area contributed by atoms with Gasteiger partial charge in [0.1, 0.15) is 0 Å². The average molecular weight is 365 g/mol. The highest BCUT2D eigenvalue weighted by atomic mass is 16.3. The summed E-state index contributed by atoms with van der Waals surface area (Å²) in [6.07, 6.45) is 2.98. The van der Waals surface area contributed by atoms with E-state index in [1.54, 1.807) is 29.2 Å². The van der Waals surface area contributed by atoms with E-state index >= 15 is 0 Å². The van der Waals surface area contributed by atoms with Crippen molar-refractivity contribution >= 4 is 23.2 Å². The van der Waals surface area contributed by atoms with Crippen LogP contribution in [0.4, 0.5) is 11.4 Å². The highest BCUT2D eigenvalue weighted by Crippen LogP contribution is 2.21. The molecule has 4 rings (SSSR count). The first-order valence-corrected chi connectivity index (χ1v) is 8.73. The Morgan fingerprint density at radius 2 is 1.44 bits per heavy atom. The molecule has 27 heavy (non-hydrogen) atoms. The van der Waals surface area contributed by atoms with Crippen LogP contribution in [-0.4, -0.2) is 42.9 Å². The van der Waals surface area contributed by atoms with Crippen molar-refractivity contribution in [3.63, 3.8) is 0 Å². The van der Waals surface area contributed by atoms with Crippen molar-refractivity contribution in [1.29, 1.82) is 0 Å². The molecule has 0 spiro atoms. The third-order valence-corrected chi connectivity index (χ3v) is 4.53. The van der Waals surface area contributed by atoms with Crippen LogP contribution in [-0.2, 0) is 0 Å². The van der Waals surface area contributed by atoms with Gasteiger partial charge in [-0.2, -0.15) is 0 Å². The van der Waals surface area contributed by atoms with E-state index in [-0.39, 0.29) is 17.6 Å². The number of nitrogens with zero attached hydrogens (tertiary/aromatic N) is 2. The fraction of sp³-hybridized carbons (Fsp3) is 0.200. The van der Waals surface area contributed by atoms with Crippen molar-refractivity contribution in [1.82, 2.24) is 4.90 Å². The van der Waals surface area contributed by atoms with E-state index in [0.29, 0.717) is 24.5 Å². The second kappa shape index (κ2) is 7.41. The van der Waals surface area contributed by atoms with Gasteiger partial charge in [-0.1, -0.05) is 0 Å². The van der Waals surface area contributed by atoms with Gasteiger partial charge in [0.05, 0.1) is 12.5 Å². The predicted molar refractivity (Wildman–Crippen MR) is 99.9 cm³/mol. The van der Waals surface area contributed by atoms with Crippen molar-refractivity contribution in [3.05, 3.63) is 72.6 Å². The van der Waals surface area contributed by atoms with E-state index in [2.05, 4.69) is 10.2 Å². The zero-order valence-corrected chi connectivity index (χ0v) is 14.6. The van der Waals surface area contributed by atoms with Crippen LogP contribution in [0.1, 0.15) is 21.1 Å². The Morgan fingerprint density at radius 3 is 2.04 bits per heavy atom. The maximum absolute atomic E-state index is 12.3.